The van der Waals surface area contributed by atoms with Crippen LogP contribution in [0.1, 0.15) is 10.4 Å². The SMILES string of the molecule is CN(C(=O)c1cncc(Br)c1)c1ccccc1F. The van der Waals surface area contributed by atoms with Crippen LogP contribution in [0.3, 0.4) is 0 Å². The number of benzene rings is 1. The number of halogens is 2. The van der Waals surface area contributed by atoms with Crippen LogP contribution in [0, 0.1) is 5.82 Å². The molecule has 0 fully saturated rings. The van der Waals surface area contributed by atoms with E-state index in [1.165, 1.54) is 24.2 Å². The van der Waals surface area contributed by atoms with Crippen molar-refractivity contribution in [2.45, 2.75) is 0 Å². The van der Waals surface area contributed by atoms with Gasteiger partial charge in [0.15, 0.2) is 0 Å². The highest BCUT2D eigenvalue weighted by Gasteiger charge is 2.16. The van der Waals surface area contributed by atoms with Crippen LogP contribution in [0.2, 0.25) is 0 Å². The third-order valence-corrected chi connectivity index (χ3v) is 2.90. The Kier molecular flexibility index (Phi) is 3.72. The van der Waals surface area contributed by atoms with Crippen LogP contribution in [0.15, 0.2) is 47.2 Å². The van der Waals surface area contributed by atoms with Gasteiger partial charge in [-0.3, -0.25) is 9.78 Å². The summed E-state index contributed by atoms with van der Waals surface area (Å²) in [5.74, 6) is -0.745. The van der Waals surface area contributed by atoms with Gasteiger partial charge in [-0.15, -0.1) is 0 Å². The molecule has 1 aromatic heterocycles. The summed E-state index contributed by atoms with van der Waals surface area (Å²) >= 11 is 3.24. The minimum absolute atomic E-state index is 0.238. The summed E-state index contributed by atoms with van der Waals surface area (Å²) in [6.45, 7) is 0. The second-order valence-corrected chi connectivity index (χ2v) is 4.62. The molecule has 3 nitrogen and oxygen atoms in total. The lowest BCUT2D eigenvalue weighted by Crippen LogP contribution is -2.27. The van der Waals surface area contributed by atoms with Gasteiger partial charge in [-0.25, -0.2) is 4.39 Å². The van der Waals surface area contributed by atoms with E-state index in [1.54, 1.807) is 30.5 Å². The van der Waals surface area contributed by atoms with Crippen LogP contribution in [0.5, 0.6) is 0 Å². The fourth-order valence-electron chi connectivity index (χ4n) is 1.56. The molecule has 1 heterocycles. The molecule has 0 atom stereocenters. The fourth-order valence-corrected chi connectivity index (χ4v) is 1.92. The smallest absolute Gasteiger partial charge is 0.259 e. The van der Waals surface area contributed by atoms with Gasteiger partial charge in [0, 0.05) is 23.9 Å². The van der Waals surface area contributed by atoms with Crippen LogP contribution in [-0.4, -0.2) is 17.9 Å². The van der Waals surface area contributed by atoms with Gasteiger partial charge in [0.05, 0.1) is 11.3 Å². The highest BCUT2D eigenvalue weighted by atomic mass is 79.9. The number of pyridine rings is 1. The zero-order chi connectivity index (χ0) is 13.1. The van der Waals surface area contributed by atoms with Gasteiger partial charge in [-0.1, -0.05) is 12.1 Å². The van der Waals surface area contributed by atoms with E-state index >= 15 is 0 Å². The Morgan fingerprint density at radius 2 is 2.06 bits per heavy atom. The van der Waals surface area contributed by atoms with Crippen molar-refractivity contribution in [2.75, 3.05) is 11.9 Å². The lowest BCUT2D eigenvalue weighted by atomic mass is 10.2. The predicted molar refractivity (Wildman–Crippen MR) is 71.1 cm³/mol. The number of hydrogen-bond acceptors (Lipinski definition) is 2. The van der Waals surface area contributed by atoms with E-state index in [4.69, 9.17) is 0 Å². The van der Waals surface area contributed by atoms with Crippen molar-refractivity contribution >= 4 is 27.5 Å². The van der Waals surface area contributed by atoms with E-state index < -0.39 is 5.82 Å². The third kappa shape index (κ3) is 2.56. The molecule has 0 spiro atoms. The minimum atomic E-state index is -0.434. The standard InChI is InChI=1S/C13H10BrFN2O/c1-17(12-5-3-2-4-11(12)15)13(18)9-6-10(14)8-16-7-9/h2-8H,1H3. The summed E-state index contributed by atoms with van der Waals surface area (Å²) in [4.78, 5) is 17.3. The van der Waals surface area contributed by atoms with E-state index in [9.17, 15) is 9.18 Å². The predicted octanol–water partition coefficient (Wildman–Crippen LogP) is 3.26. The van der Waals surface area contributed by atoms with Crippen molar-refractivity contribution in [2.24, 2.45) is 0 Å². The molecule has 0 N–H and O–H groups in total. The summed E-state index contributed by atoms with van der Waals surface area (Å²) in [7, 11) is 1.53. The van der Waals surface area contributed by atoms with Gasteiger partial charge < -0.3 is 4.90 Å². The molecule has 0 saturated carbocycles. The monoisotopic (exact) mass is 308 g/mol. The first kappa shape index (κ1) is 12.7. The normalized spacial score (nSPS) is 10.2. The number of rotatable bonds is 2. The van der Waals surface area contributed by atoms with Crippen molar-refractivity contribution in [3.8, 4) is 0 Å². The summed E-state index contributed by atoms with van der Waals surface area (Å²) in [6.07, 6.45) is 3.03. The average Bonchev–Trinajstić information content (AvgIpc) is 2.37. The molecule has 0 aliphatic carbocycles. The number of carbonyl (C=O) groups is 1. The first-order valence-corrected chi connectivity index (χ1v) is 6.02. The van der Waals surface area contributed by atoms with E-state index in [2.05, 4.69) is 20.9 Å². The second-order valence-electron chi connectivity index (χ2n) is 3.71. The third-order valence-electron chi connectivity index (χ3n) is 2.47. The summed E-state index contributed by atoms with van der Waals surface area (Å²) in [5, 5.41) is 0. The molecular weight excluding hydrogens is 299 g/mol. The van der Waals surface area contributed by atoms with Crippen LogP contribution < -0.4 is 4.90 Å². The maximum atomic E-state index is 13.6. The quantitative estimate of drug-likeness (QED) is 0.853. The van der Waals surface area contributed by atoms with Crippen molar-refractivity contribution in [3.05, 3.63) is 58.6 Å². The molecule has 5 heteroatoms. The average molecular weight is 309 g/mol. The Hall–Kier alpha value is -1.75. The van der Waals surface area contributed by atoms with Crippen LogP contribution in [0.25, 0.3) is 0 Å². The summed E-state index contributed by atoms with van der Waals surface area (Å²) < 4.78 is 14.3. The Balaban J connectivity index is 2.32. The Morgan fingerprint density at radius 3 is 2.72 bits per heavy atom. The topological polar surface area (TPSA) is 33.2 Å². The first-order chi connectivity index (χ1) is 8.59. The number of carbonyl (C=O) groups excluding carboxylic acids is 1. The Morgan fingerprint density at radius 1 is 1.33 bits per heavy atom. The number of nitrogens with zero attached hydrogens (tertiary/aromatic N) is 2. The maximum Gasteiger partial charge on any atom is 0.259 e. The van der Waals surface area contributed by atoms with E-state index in [0.717, 1.165) is 0 Å². The van der Waals surface area contributed by atoms with Crippen LogP contribution >= 0.6 is 15.9 Å². The number of hydrogen-bond donors (Lipinski definition) is 0. The molecule has 0 aliphatic heterocycles. The van der Waals surface area contributed by atoms with Gasteiger partial charge in [0.25, 0.3) is 5.91 Å². The summed E-state index contributed by atoms with van der Waals surface area (Å²) in [5.41, 5.74) is 0.637. The van der Waals surface area contributed by atoms with Crippen LogP contribution in [-0.2, 0) is 0 Å². The molecule has 1 aromatic carbocycles. The number of aromatic nitrogens is 1. The van der Waals surface area contributed by atoms with Gasteiger partial charge in [0.2, 0.25) is 0 Å². The first-order valence-electron chi connectivity index (χ1n) is 5.22. The number of amides is 1. The molecule has 0 bridgehead atoms. The maximum absolute atomic E-state index is 13.6. The highest BCUT2D eigenvalue weighted by Crippen LogP contribution is 2.20. The van der Waals surface area contributed by atoms with Crippen molar-refractivity contribution in [1.82, 2.24) is 4.98 Å². The molecule has 2 aromatic rings. The Bertz CT molecular complexity index is 589. The van der Waals surface area contributed by atoms with Gasteiger partial charge in [0.1, 0.15) is 5.82 Å². The molecule has 0 radical (unpaired) electrons. The van der Waals surface area contributed by atoms with Gasteiger partial charge >= 0.3 is 0 Å². The van der Waals surface area contributed by atoms with Crippen molar-refractivity contribution in [1.29, 1.82) is 0 Å². The lowest BCUT2D eigenvalue weighted by molar-refractivity contribution is 0.0992. The molecule has 1 amide bonds. The molecule has 2 rings (SSSR count). The van der Waals surface area contributed by atoms with E-state index in [0.29, 0.717) is 10.0 Å². The largest absolute Gasteiger partial charge is 0.309 e. The fraction of sp³-hybridized carbons (Fsp3) is 0.0769. The molecule has 92 valence electrons. The Labute approximate surface area is 112 Å². The van der Waals surface area contributed by atoms with Crippen molar-refractivity contribution in [3.63, 3.8) is 0 Å². The molecule has 0 saturated heterocycles. The highest BCUT2D eigenvalue weighted by molar-refractivity contribution is 9.10. The molecule has 18 heavy (non-hydrogen) atoms. The van der Waals surface area contributed by atoms with Crippen molar-refractivity contribution < 1.29 is 9.18 Å². The van der Waals surface area contributed by atoms with Gasteiger partial charge in [-0.05, 0) is 34.1 Å². The van der Waals surface area contributed by atoms with Gasteiger partial charge in [-0.2, -0.15) is 0 Å². The molecule has 0 aliphatic rings. The zero-order valence-corrected chi connectivity index (χ0v) is 11.2. The second kappa shape index (κ2) is 5.27. The molecule has 0 unspecified atom stereocenters. The lowest BCUT2D eigenvalue weighted by Gasteiger charge is -2.17. The number of para-hydroxylation sites is 1. The van der Waals surface area contributed by atoms with E-state index in [1.807, 2.05) is 0 Å². The number of anilines is 1. The summed E-state index contributed by atoms with van der Waals surface area (Å²) in [6, 6.07) is 7.78. The zero-order valence-electron chi connectivity index (χ0n) is 9.60. The van der Waals surface area contributed by atoms with Crippen LogP contribution in [0.4, 0.5) is 10.1 Å². The molecular formula is C13H10BrFN2O. The minimum Gasteiger partial charge on any atom is -0.309 e. The van der Waals surface area contributed by atoms with E-state index in [-0.39, 0.29) is 11.6 Å².